The molecule has 0 amide bonds. The van der Waals surface area contributed by atoms with Gasteiger partial charge in [0.05, 0.1) is 5.00 Å². The van der Waals surface area contributed by atoms with Crippen LogP contribution in [0.4, 0.5) is 5.00 Å². The van der Waals surface area contributed by atoms with Crippen molar-refractivity contribution in [2.24, 2.45) is 10.9 Å². The van der Waals surface area contributed by atoms with Gasteiger partial charge in [0, 0.05) is 39.3 Å². The van der Waals surface area contributed by atoms with E-state index in [0.29, 0.717) is 6.04 Å². The van der Waals surface area contributed by atoms with Gasteiger partial charge >= 0.3 is 0 Å². The van der Waals surface area contributed by atoms with Gasteiger partial charge in [0.25, 0.3) is 0 Å². The first kappa shape index (κ1) is 21.8. The average molecular weight is 491 g/mol. The Bertz CT molecular complexity index is 528. The van der Waals surface area contributed by atoms with Crippen molar-refractivity contribution in [3.05, 3.63) is 17.5 Å². The highest BCUT2D eigenvalue weighted by atomic mass is 127. The highest BCUT2D eigenvalue weighted by molar-refractivity contribution is 14.0. The minimum atomic E-state index is 0. The molecular formula is C19H34IN5S. The fraction of sp³-hybridized carbons (Fsp3) is 0.737. The summed E-state index contributed by atoms with van der Waals surface area (Å²) in [6.45, 7) is 9.29. The predicted molar refractivity (Wildman–Crippen MR) is 124 cm³/mol. The number of halogens is 1. The van der Waals surface area contributed by atoms with Gasteiger partial charge in [0.1, 0.15) is 0 Å². The maximum atomic E-state index is 4.44. The quantitative estimate of drug-likeness (QED) is 0.365. The molecule has 2 aliphatic heterocycles. The van der Waals surface area contributed by atoms with Gasteiger partial charge in [-0.25, -0.2) is 0 Å². The first-order valence-corrected chi connectivity index (χ1v) is 10.6. The van der Waals surface area contributed by atoms with Crippen LogP contribution in [0.3, 0.4) is 0 Å². The summed E-state index contributed by atoms with van der Waals surface area (Å²) in [5, 5.41) is 10.8. The lowest BCUT2D eigenvalue weighted by Crippen LogP contribution is -2.49. The number of piperidine rings is 1. The fourth-order valence-electron chi connectivity index (χ4n) is 3.92. The maximum absolute atomic E-state index is 4.44. The molecule has 0 spiro atoms. The number of nitrogens with zero attached hydrogens (tertiary/aromatic N) is 3. The van der Waals surface area contributed by atoms with Crippen molar-refractivity contribution in [3.63, 3.8) is 0 Å². The van der Waals surface area contributed by atoms with E-state index in [1.807, 2.05) is 18.4 Å². The molecule has 26 heavy (non-hydrogen) atoms. The van der Waals surface area contributed by atoms with E-state index in [1.165, 1.54) is 50.3 Å². The third-order valence-electron chi connectivity index (χ3n) is 5.35. The number of aliphatic imine (C=N–C) groups is 1. The number of hydrogen-bond acceptors (Lipinski definition) is 4. The van der Waals surface area contributed by atoms with E-state index in [-0.39, 0.29) is 24.0 Å². The van der Waals surface area contributed by atoms with E-state index >= 15 is 0 Å². The predicted octanol–water partition coefficient (Wildman–Crippen LogP) is 3.23. The van der Waals surface area contributed by atoms with Gasteiger partial charge in [-0.2, -0.15) is 0 Å². The second kappa shape index (κ2) is 11.3. The molecule has 2 fully saturated rings. The molecular weight excluding hydrogens is 457 g/mol. The van der Waals surface area contributed by atoms with E-state index in [4.69, 9.17) is 0 Å². The van der Waals surface area contributed by atoms with Crippen molar-refractivity contribution in [1.82, 2.24) is 15.5 Å². The Kier molecular flexibility index (Phi) is 9.49. The summed E-state index contributed by atoms with van der Waals surface area (Å²) in [6.07, 6.45) is 4.91. The molecule has 7 heteroatoms. The Labute approximate surface area is 179 Å². The molecule has 3 rings (SSSR count). The molecule has 0 radical (unpaired) electrons. The molecule has 1 unspecified atom stereocenters. The van der Waals surface area contributed by atoms with Gasteiger partial charge in [-0.15, -0.1) is 35.3 Å². The van der Waals surface area contributed by atoms with Crippen LogP contribution in [0.15, 0.2) is 22.5 Å². The summed E-state index contributed by atoms with van der Waals surface area (Å²) in [5.41, 5.74) is 0. The number of hydrogen-bond donors (Lipinski definition) is 2. The third-order valence-corrected chi connectivity index (χ3v) is 6.27. The van der Waals surface area contributed by atoms with E-state index in [9.17, 15) is 0 Å². The van der Waals surface area contributed by atoms with Crippen LogP contribution >= 0.6 is 35.3 Å². The van der Waals surface area contributed by atoms with Crippen molar-refractivity contribution in [2.75, 3.05) is 51.2 Å². The Morgan fingerprint density at radius 1 is 1.27 bits per heavy atom. The monoisotopic (exact) mass is 491 g/mol. The van der Waals surface area contributed by atoms with Crippen molar-refractivity contribution in [3.8, 4) is 0 Å². The second-order valence-electron chi connectivity index (χ2n) is 7.27. The lowest BCUT2D eigenvalue weighted by Gasteiger charge is -2.33. The largest absolute Gasteiger partial charge is 0.363 e. The molecule has 148 valence electrons. The molecule has 2 saturated heterocycles. The Hall–Kier alpha value is -0.540. The zero-order valence-corrected chi connectivity index (χ0v) is 19.3. The van der Waals surface area contributed by atoms with Gasteiger partial charge in [0.2, 0.25) is 0 Å². The lowest BCUT2D eigenvalue weighted by atomic mass is 10.1. The van der Waals surface area contributed by atoms with Crippen molar-refractivity contribution in [2.45, 2.75) is 38.6 Å². The Morgan fingerprint density at radius 3 is 2.73 bits per heavy atom. The minimum Gasteiger partial charge on any atom is -0.363 e. The van der Waals surface area contributed by atoms with Crippen LogP contribution in [-0.4, -0.2) is 63.2 Å². The normalized spacial score (nSPS) is 22.3. The number of anilines is 1. The van der Waals surface area contributed by atoms with Crippen molar-refractivity contribution >= 4 is 46.3 Å². The van der Waals surface area contributed by atoms with Gasteiger partial charge in [-0.05, 0) is 62.2 Å². The summed E-state index contributed by atoms with van der Waals surface area (Å²) >= 11 is 1.84. The average Bonchev–Trinajstić information content (AvgIpc) is 3.31. The van der Waals surface area contributed by atoms with Crippen LogP contribution in [0.25, 0.3) is 0 Å². The summed E-state index contributed by atoms with van der Waals surface area (Å²) in [7, 11) is 1.88. The molecule has 1 atom stereocenters. The molecule has 0 saturated carbocycles. The van der Waals surface area contributed by atoms with Gasteiger partial charge < -0.3 is 20.4 Å². The van der Waals surface area contributed by atoms with Crippen molar-refractivity contribution in [1.29, 1.82) is 0 Å². The van der Waals surface area contributed by atoms with Crippen LogP contribution in [0.2, 0.25) is 0 Å². The Morgan fingerprint density at radius 2 is 2.08 bits per heavy atom. The molecule has 2 aliphatic rings. The number of guanidine groups is 1. The van der Waals surface area contributed by atoms with Crippen LogP contribution in [-0.2, 0) is 0 Å². The van der Waals surface area contributed by atoms with Crippen LogP contribution < -0.4 is 15.5 Å². The molecule has 5 nitrogen and oxygen atoms in total. The van der Waals surface area contributed by atoms with Gasteiger partial charge in [-0.1, -0.05) is 6.92 Å². The maximum Gasteiger partial charge on any atom is 0.191 e. The minimum absolute atomic E-state index is 0. The first-order valence-electron chi connectivity index (χ1n) is 9.76. The lowest BCUT2D eigenvalue weighted by molar-refractivity contribution is 0.324. The summed E-state index contributed by atoms with van der Waals surface area (Å²) in [4.78, 5) is 9.52. The number of thiophene rings is 1. The van der Waals surface area contributed by atoms with Crippen LogP contribution in [0, 0.1) is 5.92 Å². The smallest absolute Gasteiger partial charge is 0.191 e. The number of rotatable bonds is 6. The standard InChI is InChI=1S/C19H33N5S.HI/c1-3-9-23-10-6-16(15-23)14-21-19(20-2)22-17-7-11-24(12-8-17)18-5-4-13-25-18;/h4-5,13,16-17H,3,6-12,14-15H2,1-2H3,(H2,20,21,22);1H. The molecule has 0 bridgehead atoms. The highest BCUT2D eigenvalue weighted by Gasteiger charge is 2.23. The molecule has 1 aromatic heterocycles. The van der Waals surface area contributed by atoms with Gasteiger partial charge in [0.15, 0.2) is 5.96 Å². The highest BCUT2D eigenvalue weighted by Crippen LogP contribution is 2.24. The molecule has 0 aromatic carbocycles. The summed E-state index contributed by atoms with van der Waals surface area (Å²) in [5.74, 6) is 1.73. The van der Waals surface area contributed by atoms with Gasteiger partial charge in [-0.3, -0.25) is 4.99 Å². The van der Waals surface area contributed by atoms with E-state index in [0.717, 1.165) is 31.5 Å². The van der Waals surface area contributed by atoms with E-state index < -0.39 is 0 Å². The van der Waals surface area contributed by atoms with E-state index in [1.54, 1.807) is 0 Å². The number of likely N-dealkylation sites (tertiary alicyclic amines) is 1. The Balaban J connectivity index is 0.00000243. The molecule has 3 heterocycles. The van der Waals surface area contributed by atoms with Crippen LogP contribution in [0.5, 0.6) is 0 Å². The summed E-state index contributed by atoms with van der Waals surface area (Å²) < 4.78 is 0. The van der Waals surface area contributed by atoms with Crippen molar-refractivity contribution < 1.29 is 0 Å². The fourth-order valence-corrected chi connectivity index (χ4v) is 4.71. The zero-order chi connectivity index (χ0) is 17.5. The molecule has 0 aliphatic carbocycles. The molecule has 2 N–H and O–H groups in total. The third kappa shape index (κ3) is 6.27. The number of nitrogens with one attached hydrogen (secondary N) is 2. The van der Waals surface area contributed by atoms with Crippen LogP contribution in [0.1, 0.15) is 32.6 Å². The van der Waals surface area contributed by atoms with E-state index in [2.05, 4.69) is 49.9 Å². The SMILES string of the molecule is CCCN1CCC(CNC(=NC)NC2CCN(c3cccs3)CC2)C1.I. The summed E-state index contributed by atoms with van der Waals surface area (Å²) in [6, 6.07) is 4.89. The topological polar surface area (TPSA) is 42.9 Å². The molecule has 1 aromatic rings. The first-order chi connectivity index (χ1) is 12.3. The second-order valence-corrected chi connectivity index (χ2v) is 8.19. The zero-order valence-electron chi connectivity index (χ0n) is 16.1.